The summed E-state index contributed by atoms with van der Waals surface area (Å²) in [5.41, 5.74) is 1.37. The molecule has 3 atom stereocenters. The lowest BCUT2D eigenvalue weighted by Crippen LogP contribution is -2.56. The lowest BCUT2D eigenvalue weighted by atomic mass is 9.87. The summed E-state index contributed by atoms with van der Waals surface area (Å²) >= 11 is 5.83. The normalized spacial score (nSPS) is 21.5. The second kappa shape index (κ2) is 9.58. The monoisotopic (exact) mass is 475 g/mol. The molecule has 0 aliphatic carbocycles. The first-order valence-corrected chi connectivity index (χ1v) is 10.9. The summed E-state index contributed by atoms with van der Waals surface area (Å²) in [5.74, 6) is -2.70. The number of piperidine rings is 1. The maximum atomic E-state index is 14.6. The summed E-state index contributed by atoms with van der Waals surface area (Å²) in [6.45, 7) is 3.15. The average molecular weight is 476 g/mol. The topological polar surface area (TPSA) is 100.0 Å². The number of halogens is 3. The van der Waals surface area contributed by atoms with Crippen LogP contribution in [0.25, 0.3) is 11.4 Å². The second-order valence-corrected chi connectivity index (χ2v) is 8.65. The van der Waals surface area contributed by atoms with Gasteiger partial charge in [-0.2, -0.15) is 0 Å². The minimum atomic E-state index is -2.96. The molecule has 33 heavy (non-hydrogen) atoms. The van der Waals surface area contributed by atoms with Crippen molar-refractivity contribution >= 4 is 17.5 Å². The van der Waals surface area contributed by atoms with Crippen molar-refractivity contribution in [3.63, 3.8) is 0 Å². The largest absolute Gasteiger partial charge is 0.372 e. The number of aliphatic hydroxyl groups is 1. The van der Waals surface area contributed by atoms with Crippen molar-refractivity contribution in [2.45, 2.75) is 38.5 Å². The van der Waals surface area contributed by atoms with Gasteiger partial charge in [-0.3, -0.25) is 9.88 Å². The van der Waals surface area contributed by atoms with E-state index in [-0.39, 0.29) is 18.7 Å². The van der Waals surface area contributed by atoms with E-state index in [1.54, 1.807) is 44.4 Å². The van der Waals surface area contributed by atoms with E-state index < -0.39 is 30.7 Å². The third kappa shape index (κ3) is 5.40. The Labute approximate surface area is 195 Å². The molecule has 3 aromatic heterocycles. The number of aliphatic hydroxyl groups excluding tert-OH is 1. The molecule has 0 radical (unpaired) electrons. The molecule has 0 spiro atoms. The highest BCUT2D eigenvalue weighted by Gasteiger charge is 2.47. The molecular formula is C22H24ClF2N7O. The minimum absolute atomic E-state index is 0.235. The van der Waals surface area contributed by atoms with Gasteiger partial charge >= 0.3 is 0 Å². The lowest BCUT2D eigenvalue weighted by Gasteiger charge is -2.45. The summed E-state index contributed by atoms with van der Waals surface area (Å²) in [5, 5.41) is 14.8. The van der Waals surface area contributed by atoms with Crippen LogP contribution < -0.4 is 5.32 Å². The third-order valence-electron chi connectivity index (χ3n) is 5.64. The van der Waals surface area contributed by atoms with E-state index in [1.807, 2.05) is 0 Å². The SMILES string of the molecule is Cc1ccc(-c2ncccn2)c(C(O)N2CC(F)(F)C[C@@H](C)C2CNc2ncc(Cl)cn2)n1. The standard InChI is InChI=1S/C22H24ClF2N7O/c1-13-8-22(24,25)12-32(17(13)11-30-21-28-9-15(23)10-29-21)20(33)18-16(5-4-14(2)31-18)19-26-6-3-7-27-19/h3-7,9-10,13,17,20,33H,8,11-12H2,1-2H3,(H,28,29,30)/t13-,17?,20?/m1/s1. The molecule has 1 aliphatic heterocycles. The summed E-state index contributed by atoms with van der Waals surface area (Å²) in [4.78, 5) is 22.5. The Bertz CT molecular complexity index is 1090. The number of nitrogens with one attached hydrogen (secondary N) is 1. The fraction of sp³-hybridized carbons (Fsp3) is 0.409. The van der Waals surface area contributed by atoms with Crippen LogP contribution in [-0.2, 0) is 0 Å². The second-order valence-electron chi connectivity index (χ2n) is 8.21. The van der Waals surface area contributed by atoms with Crippen molar-refractivity contribution in [1.29, 1.82) is 0 Å². The average Bonchev–Trinajstić information content (AvgIpc) is 2.79. The first-order valence-electron chi connectivity index (χ1n) is 10.5. The zero-order valence-corrected chi connectivity index (χ0v) is 18.9. The zero-order chi connectivity index (χ0) is 23.6. The quantitative estimate of drug-likeness (QED) is 0.556. The van der Waals surface area contributed by atoms with Gasteiger partial charge in [0.2, 0.25) is 5.95 Å². The number of aromatic nitrogens is 5. The van der Waals surface area contributed by atoms with Gasteiger partial charge in [-0.05, 0) is 31.0 Å². The van der Waals surface area contributed by atoms with Gasteiger partial charge in [-0.1, -0.05) is 18.5 Å². The van der Waals surface area contributed by atoms with E-state index >= 15 is 0 Å². The smallest absolute Gasteiger partial charge is 0.261 e. The number of hydrogen-bond acceptors (Lipinski definition) is 8. The van der Waals surface area contributed by atoms with Crippen LogP contribution in [0.3, 0.4) is 0 Å². The van der Waals surface area contributed by atoms with Crippen molar-refractivity contribution in [2.75, 3.05) is 18.4 Å². The Morgan fingerprint density at radius 2 is 1.91 bits per heavy atom. The highest BCUT2D eigenvalue weighted by atomic mass is 35.5. The molecule has 8 nitrogen and oxygen atoms in total. The number of anilines is 1. The third-order valence-corrected chi connectivity index (χ3v) is 5.83. The summed E-state index contributed by atoms with van der Waals surface area (Å²) in [7, 11) is 0. The van der Waals surface area contributed by atoms with Crippen LogP contribution in [0.15, 0.2) is 43.0 Å². The number of hydrogen-bond donors (Lipinski definition) is 2. The summed E-state index contributed by atoms with van der Waals surface area (Å²) in [6, 6.07) is 4.75. The number of likely N-dealkylation sites (tertiary alicyclic amines) is 1. The molecule has 0 bridgehead atoms. The fourth-order valence-electron chi connectivity index (χ4n) is 4.13. The number of nitrogens with zero attached hydrogens (tertiary/aromatic N) is 6. The molecule has 0 amide bonds. The van der Waals surface area contributed by atoms with E-state index in [9.17, 15) is 13.9 Å². The Balaban J connectivity index is 1.66. The van der Waals surface area contributed by atoms with Crippen LogP contribution >= 0.6 is 11.6 Å². The van der Waals surface area contributed by atoms with Crippen molar-refractivity contribution in [3.8, 4) is 11.4 Å². The molecule has 174 valence electrons. The number of alkyl halides is 2. The summed E-state index contributed by atoms with van der Waals surface area (Å²) < 4.78 is 29.2. The number of aryl methyl sites for hydroxylation is 1. The Morgan fingerprint density at radius 3 is 2.61 bits per heavy atom. The van der Waals surface area contributed by atoms with Gasteiger partial charge in [-0.25, -0.2) is 28.7 Å². The van der Waals surface area contributed by atoms with E-state index in [2.05, 4.69) is 30.2 Å². The molecule has 0 saturated carbocycles. The van der Waals surface area contributed by atoms with Crippen LogP contribution in [-0.4, -0.2) is 60.0 Å². The predicted molar refractivity (Wildman–Crippen MR) is 120 cm³/mol. The van der Waals surface area contributed by atoms with Crippen molar-refractivity contribution in [1.82, 2.24) is 29.8 Å². The van der Waals surface area contributed by atoms with E-state index in [0.717, 1.165) is 0 Å². The maximum absolute atomic E-state index is 14.6. The molecule has 1 saturated heterocycles. The zero-order valence-electron chi connectivity index (χ0n) is 18.2. The minimum Gasteiger partial charge on any atom is -0.372 e. The Kier molecular flexibility index (Phi) is 6.78. The molecule has 3 aromatic rings. The molecule has 0 aromatic carbocycles. The number of rotatable bonds is 6. The van der Waals surface area contributed by atoms with Crippen LogP contribution in [0, 0.1) is 12.8 Å². The van der Waals surface area contributed by atoms with E-state index in [1.165, 1.54) is 17.3 Å². The highest BCUT2D eigenvalue weighted by molar-refractivity contribution is 6.30. The predicted octanol–water partition coefficient (Wildman–Crippen LogP) is 3.74. The van der Waals surface area contributed by atoms with Gasteiger partial charge in [0.05, 0.1) is 29.7 Å². The summed E-state index contributed by atoms with van der Waals surface area (Å²) in [6.07, 6.45) is 4.37. The molecule has 1 aliphatic rings. The van der Waals surface area contributed by atoms with E-state index in [0.29, 0.717) is 28.1 Å². The first kappa shape index (κ1) is 23.3. The molecule has 1 fully saturated rings. The maximum Gasteiger partial charge on any atom is 0.261 e. The van der Waals surface area contributed by atoms with Gasteiger partial charge in [0.15, 0.2) is 12.1 Å². The van der Waals surface area contributed by atoms with Gasteiger partial charge in [0, 0.05) is 42.7 Å². The fourth-order valence-corrected chi connectivity index (χ4v) is 4.22. The first-order chi connectivity index (χ1) is 15.7. The van der Waals surface area contributed by atoms with E-state index in [4.69, 9.17) is 11.6 Å². The van der Waals surface area contributed by atoms with Crippen LogP contribution in [0.5, 0.6) is 0 Å². The lowest BCUT2D eigenvalue weighted by molar-refractivity contribution is -0.153. The molecule has 4 rings (SSSR count). The van der Waals surface area contributed by atoms with Crippen molar-refractivity contribution < 1.29 is 13.9 Å². The van der Waals surface area contributed by atoms with Crippen LogP contribution in [0.1, 0.15) is 31.0 Å². The molecule has 11 heteroatoms. The van der Waals surface area contributed by atoms with Gasteiger partial charge in [-0.15, -0.1) is 0 Å². The van der Waals surface area contributed by atoms with Crippen molar-refractivity contribution in [3.05, 3.63) is 59.4 Å². The molecule has 4 heterocycles. The number of pyridine rings is 1. The van der Waals surface area contributed by atoms with Crippen LogP contribution in [0.4, 0.5) is 14.7 Å². The highest BCUT2D eigenvalue weighted by Crippen LogP contribution is 2.39. The molecule has 2 N–H and O–H groups in total. The van der Waals surface area contributed by atoms with Gasteiger partial charge < -0.3 is 10.4 Å². The van der Waals surface area contributed by atoms with Gasteiger partial charge in [0.25, 0.3) is 5.92 Å². The Hall–Kier alpha value is -2.82. The Morgan fingerprint density at radius 1 is 1.21 bits per heavy atom. The van der Waals surface area contributed by atoms with Gasteiger partial charge in [0.1, 0.15) is 0 Å². The van der Waals surface area contributed by atoms with Crippen LogP contribution in [0.2, 0.25) is 5.02 Å². The van der Waals surface area contributed by atoms with Crippen molar-refractivity contribution in [2.24, 2.45) is 5.92 Å². The molecule has 2 unspecified atom stereocenters. The molecular weight excluding hydrogens is 452 g/mol.